The van der Waals surface area contributed by atoms with Gasteiger partial charge in [0.1, 0.15) is 11.9 Å². The number of ether oxygens (including phenoxy) is 1. The summed E-state index contributed by atoms with van der Waals surface area (Å²) < 4.78 is 348. The third-order valence-electron chi connectivity index (χ3n) is 11.7. The number of carboxylic acids is 1. The standard InChI is InChI=1S/C32H12BF24.C18H14N2O3/c34-25(35,36)13-1-14(26(37,38)39)6-21(5-13)33(22-7-15(27(40,41)42)2-16(8-22)28(43,44)45,23-9-17(29(46,47)48)3-18(10-23)30(49,50)51)24-11-19(31(52,53)54)4-20(12-24)32(55,56)57;21-18(22)15-7-4-8-16(11-15)23-17-13-20(10-9-19-17)12-14-5-2-1-3-6-14/h1-12H;1-11,13H,12H2/q-1;/p+1. The van der Waals surface area contributed by atoms with E-state index >= 15 is 0 Å². The minimum absolute atomic E-state index is 0.176. The van der Waals surface area contributed by atoms with Crippen LogP contribution in [0.1, 0.15) is 60.4 Å². The summed E-state index contributed by atoms with van der Waals surface area (Å²) in [6.45, 7) is 0.703. The van der Waals surface area contributed by atoms with Gasteiger partial charge in [-0.1, -0.05) is 84.9 Å². The smallest absolute Gasteiger partial charge is 0.416 e. The molecule has 426 valence electrons. The zero-order valence-corrected chi connectivity index (χ0v) is 38.9. The van der Waals surface area contributed by atoms with Gasteiger partial charge in [0.2, 0.25) is 6.20 Å². The summed E-state index contributed by atoms with van der Waals surface area (Å²) in [6.07, 6.45) is -49.5. The summed E-state index contributed by atoms with van der Waals surface area (Å²) in [7, 11) is 0. The third kappa shape index (κ3) is 14.4. The van der Waals surface area contributed by atoms with Crippen molar-refractivity contribution in [1.29, 1.82) is 0 Å². The number of nitrogens with zero attached hydrogens (tertiary/aromatic N) is 2. The molecule has 7 rings (SSSR count). The lowest BCUT2D eigenvalue weighted by atomic mass is 9.12. The van der Waals surface area contributed by atoms with E-state index in [0.29, 0.717) is 18.2 Å². The molecule has 6 aromatic carbocycles. The van der Waals surface area contributed by atoms with Gasteiger partial charge in [0, 0.05) is 5.56 Å². The first kappa shape index (κ1) is 61.3. The van der Waals surface area contributed by atoms with Crippen molar-refractivity contribution in [3.05, 3.63) is 202 Å². The van der Waals surface area contributed by atoms with Crippen LogP contribution >= 0.6 is 0 Å². The molecule has 5 nitrogen and oxygen atoms in total. The molecule has 0 aliphatic rings. The van der Waals surface area contributed by atoms with Gasteiger partial charge in [0.15, 0.2) is 12.7 Å². The number of alkyl halides is 24. The maximum Gasteiger partial charge on any atom is 0.416 e. The van der Waals surface area contributed by atoms with Crippen LogP contribution in [0.4, 0.5) is 105 Å². The Morgan fingerprint density at radius 2 is 0.738 bits per heavy atom. The Labute approximate surface area is 432 Å². The highest BCUT2D eigenvalue weighted by Crippen LogP contribution is 2.41. The van der Waals surface area contributed by atoms with Crippen LogP contribution in [0.3, 0.4) is 0 Å². The van der Waals surface area contributed by atoms with Crippen LogP contribution in [0, 0.1) is 0 Å². The van der Waals surface area contributed by atoms with Crippen molar-refractivity contribution < 1.29 is 125 Å². The van der Waals surface area contributed by atoms with Gasteiger partial charge in [-0.2, -0.15) is 132 Å². The Kier molecular flexibility index (Phi) is 16.5. The molecule has 30 heteroatoms. The Balaban J connectivity index is 0.000000370. The predicted octanol–water partition coefficient (Wildman–Crippen LogP) is 14.1. The molecule has 7 aromatic rings. The fraction of sp³-hybridized carbons (Fsp3) is 0.180. The lowest BCUT2D eigenvalue weighted by Gasteiger charge is -2.46. The molecular formula is C50H27BF24N2O3. The molecule has 0 fully saturated rings. The van der Waals surface area contributed by atoms with E-state index in [-0.39, 0.29) is 5.56 Å². The molecule has 0 atom stereocenters. The van der Waals surface area contributed by atoms with Crippen molar-refractivity contribution in [3.8, 4) is 11.6 Å². The minimum atomic E-state index is -6.13. The van der Waals surface area contributed by atoms with E-state index < -0.39 is 201 Å². The number of aromatic nitrogens is 2. The molecule has 0 unspecified atom stereocenters. The van der Waals surface area contributed by atoms with Crippen molar-refractivity contribution in [2.24, 2.45) is 0 Å². The number of carbonyl (C=O) groups is 1. The average Bonchev–Trinajstić information content (AvgIpc) is 3.32. The highest BCUT2D eigenvalue weighted by molar-refractivity contribution is 7.20. The van der Waals surface area contributed by atoms with Gasteiger partial charge in [0.05, 0.1) is 56.3 Å². The van der Waals surface area contributed by atoms with Crippen LogP contribution in [0.2, 0.25) is 0 Å². The first-order chi connectivity index (χ1) is 36.5. The van der Waals surface area contributed by atoms with Crippen molar-refractivity contribution in [3.63, 3.8) is 0 Å². The molecule has 80 heavy (non-hydrogen) atoms. The summed E-state index contributed by atoms with van der Waals surface area (Å²) in [5, 5.41) is 9.01. The number of halogens is 24. The highest BCUT2D eigenvalue weighted by Gasteiger charge is 2.47. The highest BCUT2D eigenvalue weighted by atomic mass is 19.4. The Hall–Kier alpha value is -7.95. The molecule has 1 heterocycles. The van der Waals surface area contributed by atoms with Gasteiger partial charge in [-0.15, -0.1) is 0 Å². The summed E-state index contributed by atoms with van der Waals surface area (Å²) in [5.74, 6) is -0.142. The summed E-state index contributed by atoms with van der Waals surface area (Å²) in [4.78, 5) is 15.1. The first-order valence-corrected chi connectivity index (χ1v) is 21.7. The number of rotatable bonds is 9. The van der Waals surface area contributed by atoms with Crippen molar-refractivity contribution in [2.75, 3.05) is 0 Å². The number of benzene rings is 6. The van der Waals surface area contributed by atoms with E-state index in [0.717, 1.165) is 0 Å². The predicted molar refractivity (Wildman–Crippen MR) is 234 cm³/mol. The molecule has 0 bridgehead atoms. The van der Waals surface area contributed by atoms with Crippen LogP contribution in [0.25, 0.3) is 0 Å². The van der Waals surface area contributed by atoms with Crippen LogP contribution in [-0.4, -0.2) is 22.2 Å². The van der Waals surface area contributed by atoms with Gasteiger partial charge in [-0.05, 0) is 42.5 Å². The van der Waals surface area contributed by atoms with Gasteiger partial charge in [-0.25, -0.2) is 9.78 Å². The SMILES string of the molecule is FC(F)(F)c1cc([B-](c2cc(C(F)(F)F)cc(C(F)(F)F)c2)(c2cc(C(F)(F)F)cc(C(F)(F)F)c2)c2cc(C(F)(F)F)cc(C(F)(F)F)c2)cc(C(F)(F)F)c1.O=C(O)c1cccc(Oc2c[n+](Cc3ccccc3)ccn2)c1. The average molecular weight is 1170 g/mol. The van der Waals surface area contributed by atoms with Crippen molar-refractivity contribution >= 4 is 34.0 Å². The molecule has 0 amide bonds. The molecule has 0 spiro atoms. The maximum absolute atomic E-state index is 14.2. The van der Waals surface area contributed by atoms with E-state index in [1.54, 1.807) is 24.5 Å². The monoisotopic (exact) mass is 1170 g/mol. The normalized spacial score (nSPS) is 13.2. The topological polar surface area (TPSA) is 63.3 Å². The number of carboxylic acid groups (broad SMARTS) is 1. The number of aromatic carboxylic acids is 1. The van der Waals surface area contributed by atoms with E-state index in [4.69, 9.17) is 9.84 Å². The maximum atomic E-state index is 14.2. The summed E-state index contributed by atoms with van der Waals surface area (Å²) >= 11 is 0. The first-order valence-electron chi connectivity index (χ1n) is 21.7. The molecule has 1 N–H and O–H groups in total. The molecule has 0 saturated heterocycles. The molecule has 0 aliphatic heterocycles. The Morgan fingerprint density at radius 3 is 1.02 bits per heavy atom. The molecule has 0 saturated carbocycles. The van der Waals surface area contributed by atoms with Gasteiger partial charge in [0.25, 0.3) is 5.88 Å². The molecule has 0 aliphatic carbocycles. The minimum Gasteiger partial charge on any atom is -0.478 e. The molecular weight excluding hydrogens is 1140 g/mol. The van der Waals surface area contributed by atoms with Crippen LogP contribution < -0.4 is 31.2 Å². The Bertz CT molecular complexity index is 2940. The molecule has 1 aromatic heterocycles. The van der Waals surface area contributed by atoms with E-state index in [1.807, 2.05) is 41.1 Å². The van der Waals surface area contributed by atoms with E-state index in [1.165, 1.54) is 17.7 Å². The van der Waals surface area contributed by atoms with Gasteiger partial charge in [-0.3, -0.25) is 0 Å². The quantitative estimate of drug-likeness (QED) is 0.0889. The second-order valence-corrected chi connectivity index (χ2v) is 17.2. The largest absolute Gasteiger partial charge is 0.478 e. The van der Waals surface area contributed by atoms with Crippen molar-refractivity contribution in [2.45, 2.75) is 56.0 Å². The van der Waals surface area contributed by atoms with E-state index in [9.17, 15) is 110 Å². The van der Waals surface area contributed by atoms with E-state index in [2.05, 4.69) is 4.98 Å². The van der Waals surface area contributed by atoms with Gasteiger partial charge >= 0.3 is 55.4 Å². The lowest BCUT2D eigenvalue weighted by molar-refractivity contribution is -0.689. The fourth-order valence-corrected chi connectivity index (χ4v) is 8.24. The number of hydrogen-bond donors (Lipinski definition) is 1. The third-order valence-corrected chi connectivity index (χ3v) is 11.7. The Morgan fingerprint density at radius 1 is 0.425 bits per heavy atom. The summed E-state index contributed by atoms with van der Waals surface area (Å²) in [5.41, 5.74) is -28.9. The zero-order chi connectivity index (χ0) is 60.0. The molecule has 0 radical (unpaired) electrons. The fourth-order valence-electron chi connectivity index (χ4n) is 8.24. The second kappa shape index (κ2) is 21.6. The number of hydrogen-bond acceptors (Lipinski definition) is 3. The summed E-state index contributed by atoms with van der Waals surface area (Å²) in [6, 6.07) is 7.57. The van der Waals surface area contributed by atoms with Crippen molar-refractivity contribution in [1.82, 2.24) is 4.98 Å². The van der Waals surface area contributed by atoms with Crippen LogP contribution in [0.15, 0.2) is 146 Å². The van der Waals surface area contributed by atoms with Gasteiger partial charge < -0.3 is 9.84 Å². The zero-order valence-electron chi connectivity index (χ0n) is 38.9. The second-order valence-electron chi connectivity index (χ2n) is 17.2. The lowest BCUT2D eigenvalue weighted by Crippen LogP contribution is -2.75. The van der Waals surface area contributed by atoms with Crippen LogP contribution in [-0.2, 0) is 56.0 Å². The van der Waals surface area contributed by atoms with Crippen LogP contribution in [0.5, 0.6) is 11.6 Å².